The fraction of sp³-hybridized carbons (Fsp3) is 0.200. The van der Waals surface area contributed by atoms with Crippen LogP contribution in [0.4, 0.5) is 22.7 Å². The Balaban J connectivity index is 1.42. The van der Waals surface area contributed by atoms with Crippen molar-refractivity contribution in [2.45, 2.75) is 32.1 Å². The van der Waals surface area contributed by atoms with Crippen molar-refractivity contribution in [2.75, 3.05) is 16.8 Å². The van der Waals surface area contributed by atoms with Crippen molar-refractivity contribution in [1.82, 2.24) is 4.57 Å². The summed E-state index contributed by atoms with van der Waals surface area (Å²) in [5, 5.41) is 2.52. The Morgan fingerprint density at radius 2 is 1.46 bits per heavy atom. The van der Waals surface area contributed by atoms with E-state index in [0.717, 1.165) is 30.0 Å². The molecule has 0 atom stereocenters. The van der Waals surface area contributed by atoms with Gasteiger partial charge in [0.25, 0.3) is 0 Å². The quantitative estimate of drug-likeness (QED) is 0.225. The lowest BCUT2D eigenvalue weighted by atomic mass is 9.73. The predicted octanol–water partition coefficient (Wildman–Crippen LogP) is 8.83. The van der Waals surface area contributed by atoms with Gasteiger partial charge in [0.15, 0.2) is 5.75 Å². The smallest absolute Gasteiger partial charge is 0.153 e. The van der Waals surface area contributed by atoms with Gasteiger partial charge in [-0.05, 0) is 66.4 Å². The molecule has 39 heavy (non-hydrogen) atoms. The molecule has 1 aliphatic carbocycles. The van der Waals surface area contributed by atoms with Gasteiger partial charge in [0.05, 0.1) is 28.3 Å². The Bertz CT molecular complexity index is 1890. The van der Waals surface area contributed by atoms with Crippen molar-refractivity contribution >= 4 is 44.6 Å². The van der Waals surface area contributed by atoms with Gasteiger partial charge in [-0.2, -0.15) is 0 Å². The van der Waals surface area contributed by atoms with E-state index in [4.69, 9.17) is 4.74 Å². The lowest BCUT2D eigenvalue weighted by Crippen LogP contribution is -2.30. The largest absolute Gasteiger partial charge is 0.453 e. The zero-order chi connectivity index (χ0) is 26.5. The van der Waals surface area contributed by atoms with E-state index < -0.39 is 0 Å². The minimum Gasteiger partial charge on any atom is -0.453 e. The van der Waals surface area contributed by atoms with Gasteiger partial charge in [0.2, 0.25) is 0 Å². The van der Waals surface area contributed by atoms with Crippen LogP contribution in [0.15, 0.2) is 102 Å². The molecule has 0 saturated heterocycles. The molecule has 4 nitrogen and oxygen atoms in total. The number of hydrogen-bond donors (Lipinski definition) is 0. The van der Waals surface area contributed by atoms with Crippen molar-refractivity contribution < 1.29 is 4.74 Å². The Morgan fingerprint density at radius 3 is 2.28 bits per heavy atom. The Morgan fingerprint density at radius 1 is 0.744 bits per heavy atom. The maximum Gasteiger partial charge on any atom is 0.153 e. The molecule has 8 rings (SSSR count). The fourth-order valence-corrected chi connectivity index (χ4v) is 6.93. The zero-order valence-electron chi connectivity index (χ0n) is 22.8. The van der Waals surface area contributed by atoms with Crippen molar-refractivity contribution in [3.8, 4) is 5.75 Å². The average Bonchev–Trinajstić information content (AvgIpc) is 3.22. The van der Waals surface area contributed by atoms with E-state index in [-0.39, 0.29) is 5.41 Å². The third-order valence-electron chi connectivity index (χ3n) is 9.04. The molecule has 4 heteroatoms. The molecule has 192 valence electrons. The Hall–Kier alpha value is -4.44. The third kappa shape index (κ3) is 3.00. The highest BCUT2D eigenvalue weighted by molar-refractivity contribution is 6.12. The van der Waals surface area contributed by atoms with Crippen LogP contribution in [0.25, 0.3) is 21.8 Å². The van der Waals surface area contributed by atoms with E-state index in [1.54, 1.807) is 0 Å². The van der Waals surface area contributed by atoms with Gasteiger partial charge >= 0.3 is 0 Å². The van der Waals surface area contributed by atoms with Crippen molar-refractivity contribution in [3.63, 3.8) is 0 Å². The summed E-state index contributed by atoms with van der Waals surface area (Å²) in [5.74, 6) is 1.90. The number of fused-ring (bicyclic) bond motifs is 6. The highest BCUT2D eigenvalue weighted by Gasteiger charge is 2.37. The van der Waals surface area contributed by atoms with Crippen molar-refractivity contribution in [1.29, 1.82) is 0 Å². The number of hydrogen-bond acceptors (Lipinski definition) is 3. The van der Waals surface area contributed by atoms with Crippen LogP contribution in [0.3, 0.4) is 0 Å². The van der Waals surface area contributed by atoms with E-state index in [0.29, 0.717) is 0 Å². The molecule has 3 aliphatic rings. The van der Waals surface area contributed by atoms with Crippen LogP contribution in [-0.2, 0) is 12.5 Å². The van der Waals surface area contributed by atoms with Crippen LogP contribution >= 0.6 is 0 Å². The molecule has 0 fully saturated rings. The molecule has 1 aromatic heterocycles. The molecule has 2 aliphatic heterocycles. The van der Waals surface area contributed by atoms with E-state index >= 15 is 0 Å². The first kappa shape index (κ1) is 22.5. The Kier molecular flexibility index (Phi) is 4.50. The maximum absolute atomic E-state index is 6.45. The number of benzene rings is 4. The highest BCUT2D eigenvalue weighted by atomic mass is 16.5. The second kappa shape index (κ2) is 7.79. The number of aryl methyl sites for hydroxylation is 1. The van der Waals surface area contributed by atoms with Crippen LogP contribution < -0.4 is 14.5 Å². The van der Waals surface area contributed by atoms with Gasteiger partial charge in [-0.1, -0.05) is 56.3 Å². The lowest BCUT2D eigenvalue weighted by Gasteiger charge is -2.42. The number of aromatic nitrogens is 1. The molecule has 3 heterocycles. The van der Waals surface area contributed by atoms with Crippen LogP contribution in [0.1, 0.15) is 37.8 Å². The first-order valence-electron chi connectivity index (χ1n) is 13.8. The number of ether oxygens (including phenoxy) is 1. The molecule has 0 radical (unpaired) electrons. The topological polar surface area (TPSA) is 20.6 Å². The van der Waals surface area contributed by atoms with Gasteiger partial charge in [-0.25, -0.2) is 0 Å². The summed E-state index contributed by atoms with van der Waals surface area (Å²) in [7, 11) is 4.35. The normalized spacial score (nSPS) is 17.1. The van der Waals surface area contributed by atoms with Crippen LogP contribution in [0.2, 0.25) is 0 Å². The second-order valence-corrected chi connectivity index (χ2v) is 11.5. The molecule has 0 spiro atoms. The third-order valence-corrected chi connectivity index (χ3v) is 9.04. The minimum absolute atomic E-state index is 0.139. The number of rotatable bonds is 1. The van der Waals surface area contributed by atoms with Gasteiger partial charge < -0.3 is 19.1 Å². The van der Waals surface area contributed by atoms with E-state index in [1.165, 1.54) is 55.7 Å². The van der Waals surface area contributed by atoms with Crippen molar-refractivity contribution in [2.24, 2.45) is 7.05 Å². The number of anilines is 4. The zero-order valence-corrected chi connectivity index (χ0v) is 22.8. The molecule has 0 amide bonds. The summed E-state index contributed by atoms with van der Waals surface area (Å²) in [4.78, 5) is 4.76. The molecular formula is C35H31N3O. The first-order chi connectivity index (χ1) is 18.9. The molecule has 0 unspecified atom stereocenters. The average molecular weight is 510 g/mol. The number of nitrogens with zero attached hydrogens (tertiary/aromatic N) is 3. The molecular weight excluding hydrogens is 478 g/mol. The van der Waals surface area contributed by atoms with Gasteiger partial charge in [0.1, 0.15) is 5.76 Å². The SMILES string of the molecule is CN1C2=C(C=CCC2)Oc2cc3c(cc21)c1cc2c(cc1n3C)C(C)(C)c1ccccc1N2c1ccccc1. The van der Waals surface area contributed by atoms with Gasteiger partial charge in [-0.3, -0.25) is 0 Å². The summed E-state index contributed by atoms with van der Waals surface area (Å²) >= 11 is 0. The summed E-state index contributed by atoms with van der Waals surface area (Å²) in [6.07, 6.45) is 6.38. The molecule has 5 aromatic rings. The molecule has 4 aromatic carbocycles. The van der Waals surface area contributed by atoms with Crippen LogP contribution in [0, 0.1) is 0 Å². The van der Waals surface area contributed by atoms with E-state index in [1.807, 2.05) is 0 Å². The predicted molar refractivity (Wildman–Crippen MR) is 162 cm³/mol. The first-order valence-corrected chi connectivity index (χ1v) is 13.8. The minimum atomic E-state index is -0.139. The lowest BCUT2D eigenvalue weighted by molar-refractivity contribution is 0.419. The molecule has 0 bridgehead atoms. The molecule has 0 saturated carbocycles. The number of para-hydroxylation sites is 2. The van der Waals surface area contributed by atoms with Gasteiger partial charge in [-0.15, -0.1) is 0 Å². The maximum atomic E-state index is 6.45. The summed E-state index contributed by atoms with van der Waals surface area (Å²) in [6.45, 7) is 4.71. The van der Waals surface area contributed by atoms with Crippen LogP contribution in [-0.4, -0.2) is 11.6 Å². The number of allylic oxidation sites excluding steroid dienone is 3. The van der Waals surface area contributed by atoms with Crippen LogP contribution in [0.5, 0.6) is 5.75 Å². The summed E-state index contributed by atoms with van der Waals surface area (Å²) in [6, 6.07) is 29.0. The van der Waals surface area contributed by atoms with Crippen molar-refractivity contribution in [3.05, 3.63) is 114 Å². The standard InChI is InChI=1S/C35H31N3O/c1-35(2)25-14-8-9-15-27(25)38(22-12-6-5-7-13-22)31-18-23-24-19-32-34(21-30(24)37(4)29(23)20-26(31)35)39-33-17-11-10-16-28(33)36(32)3/h5-9,11-15,17-21H,10,16H2,1-4H3. The monoisotopic (exact) mass is 509 g/mol. The summed E-state index contributed by atoms with van der Waals surface area (Å²) < 4.78 is 8.78. The molecule has 0 N–H and O–H groups in total. The van der Waals surface area contributed by atoms with Gasteiger partial charge in [0, 0.05) is 47.6 Å². The fourth-order valence-electron chi connectivity index (χ4n) is 6.93. The second-order valence-electron chi connectivity index (χ2n) is 11.5. The summed E-state index contributed by atoms with van der Waals surface area (Å²) in [5.41, 5.74) is 11.0. The Labute approximate surface area is 229 Å². The van der Waals surface area contributed by atoms with E-state index in [2.05, 4.69) is 133 Å². The highest BCUT2D eigenvalue weighted by Crippen LogP contribution is 2.54. The van der Waals surface area contributed by atoms with E-state index in [9.17, 15) is 0 Å².